The van der Waals surface area contributed by atoms with Crippen molar-refractivity contribution in [1.82, 2.24) is 0 Å². The maximum absolute atomic E-state index is 2.34. The third-order valence-electron chi connectivity index (χ3n) is 8.04. The summed E-state index contributed by atoms with van der Waals surface area (Å²) in [7, 11) is 0. The van der Waals surface area contributed by atoms with Crippen molar-refractivity contribution in [2.24, 2.45) is 0 Å². The highest BCUT2D eigenvalue weighted by Crippen LogP contribution is 2.56. The monoisotopic (exact) mass is 552 g/mol. The summed E-state index contributed by atoms with van der Waals surface area (Å²) in [6.07, 6.45) is 0. The van der Waals surface area contributed by atoms with Gasteiger partial charge in [-0.25, -0.2) is 0 Å². The minimum atomic E-state index is 1.37. The van der Waals surface area contributed by atoms with Gasteiger partial charge in [-0.05, 0) is 24.3 Å². The molecule has 10 rings (SSSR count). The molecule has 10 aromatic rings. The molecule has 6 aromatic carbocycles. The summed E-state index contributed by atoms with van der Waals surface area (Å²) < 4.78 is 11.2. The first-order valence-corrected chi connectivity index (χ1v) is 16.0. The smallest absolute Gasteiger partial charge is 0.0540 e. The molecule has 0 nitrogen and oxygen atoms in total. The third-order valence-corrected chi connectivity index (χ3v) is 13.1. The third kappa shape index (κ3) is 2.37. The van der Waals surface area contributed by atoms with Crippen LogP contribution in [0.15, 0.2) is 97.1 Å². The number of fused-ring (bicyclic) bond motifs is 19. The maximum Gasteiger partial charge on any atom is 0.0540 e. The number of hydrogen-bond acceptors (Lipinski definition) is 4. The van der Waals surface area contributed by atoms with E-state index in [1.54, 1.807) is 0 Å². The fourth-order valence-electron chi connectivity index (χ4n) is 6.56. The van der Waals surface area contributed by atoms with E-state index in [0.717, 1.165) is 0 Å². The SMILES string of the molecule is c1ccc2c(c1)sc1c3sc4ccccc4c3c3c4c5ccccc5sc4c4sc5ccccc5c4c3c21. The van der Waals surface area contributed by atoms with Crippen molar-refractivity contribution in [2.45, 2.75) is 0 Å². The van der Waals surface area contributed by atoms with Crippen LogP contribution in [-0.2, 0) is 0 Å². The van der Waals surface area contributed by atoms with E-state index in [0.29, 0.717) is 0 Å². The highest BCUT2D eigenvalue weighted by molar-refractivity contribution is 7.35. The van der Waals surface area contributed by atoms with E-state index >= 15 is 0 Å². The van der Waals surface area contributed by atoms with Gasteiger partial charge in [-0.15, -0.1) is 45.3 Å². The van der Waals surface area contributed by atoms with Crippen LogP contribution in [0, 0.1) is 0 Å². The zero-order valence-electron chi connectivity index (χ0n) is 19.9. The molecule has 0 N–H and O–H groups in total. The first kappa shape index (κ1) is 20.4. The van der Waals surface area contributed by atoms with Gasteiger partial charge in [-0.2, -0.15) is 0 Å². The molecule has 176 valence electrons. The Morgan fingerprint density at radius 2 is 0.500 bits per heavy atom. The summed E-state index contributed by atoms with van der Waals surface area (Å²) in [6, 6.07) is 36.1. The molecule has 4 heteroatoms. The quantitative estimate of drug-likeness (QED) is 0.175. The highest BCUT2D eigenvalue weighted by Gasteiger charge is 2.25. The summed E-state index contributed by atoms with van der Waals surface area (Å²) in [4.78, 5) is 0. The molecule has 0 bridgehead atoms. The number of rotatable bonds is 0. The summed E-state index contributed by atoms with van der Waals surface area (Å²) in [5.41, 5.74) is 0. The fourth-order valence-corrected chi connectivity index (χ4v) is 11.7. The van der Waals surface area contributed by atoms with Crippen molar-refractivity contribution >= 4 is 137 Å². The van der Waals surface area contributed by atoms with Gasteiger partial charge < -0.3 is 0 Å². The molecular formula is C34H16S4. The minimum Gasteiger partial charge on any atom is -0.134 e. The van der Waals surface area contributed by atoms with Crippen LogP contribution in [-0.4, -0.2) is 0 Å². The molecule has 0 aliphatic carbocycles. The largest absolute Gasteiger partial charge is 0.134 e. The number of thiophene rings is 4. The van der Waals surface area contributed by atoms with Crippen LogP contribution in [0.5, 0.6) is 0 Å². The standard InChI is InChI=1S/C34H16S4/c1-5-13-21-17(9-1)25-29-26-18-10-2-6-14-22(18)37-33(26)34-28(20-12-4-8-16-24(20)38-34)30(29)27-19-11-3-7-15-23(19)36-32(27)31(25)35-21/h1-16H. The highest BCUT2D eigenvalue weighted by atomic mass is 32.1. The van der Waals surface area contributed by atoms with E-state index in [1.807, 2.05) is 45.3 Å². The van der Waals surface area contributed by atoms with E-state index in [-0.39, 0.29) is 0 Å². The van der Waals surface area contributed by atoms with E-state index in [2.05, 4.69) is 97.1 Å². The van der Waals surface area contributed by atoms with Gasteiger partial charge in [-0.1, -0.05) is 72.8 Å². The van der Waals surface area contributed by atoms with Gasteiger partial charge in [0.15, 0.2) is 0 Å². The summed E-state index contributed by atoms with van der Waals surface area (Å²) in [5.74, 6) is 0. The second-order valence-corrected chi connectivity index (χ2v) is 14.2. The average molecular weight is 553 g/mol. The molecule has 4 aromatic heterocycles. The van der Waals surface area contributed by atoms with Gasteiger partial charge in [-0.3, -0.25) is 0 Å². The molecule has 0 radical (unpaired) electrons. The van der Waals surface area contributed by atoms with Crippen molar-refractivity contribution in [3.63, 3.8) is 0 Å². The lowest BCUT2D eigenvalue weighted by molar-refractivity contribution is 1.86. The summed E-state index contributed by atoms with van der Waals surface area (Å²) >= 11 is 7.86. The molecule has 0 aliphatic rings. The van der Waals surface area contributed by atoms with Crippen LogP contribution < -0.4 is 0 Å². The van der Waals surface area contributed by atoms with E-state index in [9.17, 15) is 0 Å². The van der Waals surface area contributed by atoms with Crippen LogP contribution in [0.3, 0.4) is 0 Å². The molecule has 0 aliphatic heterocycles. The topological polar surface area (TPSA) is 0 Å². The summed E-state index contributed by atoms with van der Waals surface area (Å²) in [5, 5.41) is 14.2. The second-order valence-electron chi connectivity index (χ2n) is 9.96. The Hall–Kier alpha value is -3.54. The Balaban J connectivity index is 1.72. The number of benzene rings is 6. The molecule has 0 amide bonds. The van der Waals surface area contributed by atoms with Crippen molar-refractivity contribution in [1.29, 1.82) is 0 Å². The van der Waals surface area contributed by atoms with Crippen LogP contribution >= 0.6 is 45.3 Å². The van der Waals surface area contributed by atoms with E-state index in [1.165, 1.54) is 91.5 Å². The van der Waals surface area contributed by atoms with E-state index in [4.69, 9.17) is 0 Å². The van der Waals surface area contributed by atoms with Crippen molar-refractivity contribution in [2.75, 3.05) is 0 Å². The van der Waals surface area contributed by atoms with Crippen molar-refractivity contribution in [3.8, 4) is 0 Å². The molecule has 0 saturated carbocycles. The first-order chi connectivity index (χ1) is 18.9. The average Bonchev–Trinajstić information content (AvgIpc) is 3.72. The normalized spacial score (nSPS) is 12.7. The van der Waals surface area contributed by atoms with Crippen LogP contribution in [0.4, 0.5) is 0 Å². The Morgan fingerprint density at radius 1 is 0.263 bits per heavy atom. The Kier molecular flexibility index (Phi) is 3.82. The Labute approximate surface area is 232 Å². The van der Waals surface area contributed by atoms with Gasteiger partial charge in [0.2, 0.25) is 0 Å². The second kappa shape index (κ2) is 7.10. The van der Waals surface area contributed by atoms with E-state index < -0.39 is 0 Å². The fraction of sp³-hybridized carbons (Fsp3) is 0. The van der Waals surface area contributed by atoms with Crippen LogP contribution in [0.25, 0.3) is 91.5 Å². The van der Waals surface area contributed by atoms with Crippen LogP contribution in [0.2, 0.25) is 0 Å². The van der Waals surface area contributed by atoms with Gasteiger partial charge in [0.05, 0.1) is 18.8 Å². The van der Waals surface area contributed by atoms with Gasteiger partial charge in [0, 0.05) is 72.7 Å². The molecule has 4 heterocycles. The lowest BCUT2D eigenvalue weighted by atomic mass is 9.92. The molecule has 0 spiro atoms. The summed E-state index contributed by atoms with van der Waals surface area (Å²) in [6.45, 7) is 0. The molecule has 0 fully saturated rings. The molecule has 0 saturated heterocycles. The molecule has 0 unspecified atom stereocenters. The first-order valence-electron chi connectivity index (χ1n) is 12.7. The number of hydrogen-bond donors (Lipinski definition) is 0. The maximum atomic E-state index is 2.34. The van der Waals surface area contributed by atoms with Gasteiger partial charge in [0.1, 0.15) is 0 Å². The minimum absolute atomic E-state index is 1.37. The molecular weight excluding hydrogens is 537 g/mol. The van der Waals surface area contributed by atoms with Crippen molar-refractivity contribution < 1.29 is 0 Å². The van der Waals surface area contributed by atoms with Crippen molar-refractivity contribution in [3.05, 3.63) is 97.1 Å². The van der Waals surface area contributed by atoms with Crippen LogP contribution in [0.1, 0.15) is 0 Å². The predicted molar refractivity (Wildman–Crippen MR) is 176 cm³/mol. The predicted octanol–water partition coefficient (Wildman–Crippen LogP) is 12.3. The zero-order valence-corrected chi connectivity index (χ0v) is 23.1. The zero-order chi connectivity index (χ0) is 24.5. The molecule has 38 heavy (non-hydrogen) atoms. The Bertz CT molecular complexity index is 2260. The lowest BCUT2D eigenvalue weighted by Crippen LogP contribution is -1.82. The van der Waals surface area contributed by atoms with Gasteiger partial charge in [0.25, 0.3) is 0 Å². The molecule has 0 atom stereocenters. The Morgan fingerprint density at radius 3 is 0.763 bits per heavy atom. The lowest BCUT2D eigenvalue weighted by Gasteiger charge is -2.10. The van der Waals surface area contributed by atoms with Gasteiger partial charge >= 0.3 is 0 Å².